The van der Waals surface area contributed by atoms with Crippen molar-refractivity contribution in [1.29, 1.82) is 0 Å². The van der Waals surface area contributed by atoms with Gasteiger partial charge in [0.1, 0.15) is 11.5 Å². The molecule has 0 aliphatic rings. The fourth-order valence-electron chi connectivity index (χ4n) is 2.43. The molecule has 0 unspecified atom stereocenters. The van der Waals surface area contributed by atoms with Gasteiger partial charge in [-0.15, -0.1) is 0 Å². The fraction of sp³-hybridized carbons (Fsp3) is 0.294. The Morgan fingerprint density at radius 1 is 1.22 bits per heavy atom. The van der Waals surface area contributed by atoms with E-state index in [2.05, 4.69) is 40.3 Å². The molecule has 23 heavy (non-hydrogen) atoms. The summed E-state index contributed by atoms with van der Waals surface area (Å²) in [4.78, 5) is 14.8. The van der Waals surface area contributed by atoms with Gasteiger partial charge in [-0.2, -0.15) is 0 Å². The largest absolute Gasteiger partial charge is 0.368 e. The Morgan fingerprint density at radius 3 is 2.78 bits per heavy atom. The maximum Gasteiger partial charge on any atom is 0.163 e. The summed E-state index contributed by atoms with van der Waals surface area (Å²) < 4.78 is 0. The fourth-order valence-corrected chi connectivity index (χ4v) is 2.62. The molecule has 0 spiro atoms. The summed E-state index contributed by atoms with van der Waals surface area (Å²) >= 11 is 6.09. The van der Waals surface area contributed by atoms with Crippen molar-refractivity contribution in [2.75, 3.05) is 32.5 Å². The summed E-state index contributed by atoms with van der Waals surface area (Å²) in [5.41, 5.74) is 2.80. The lowest BCUT2D eigenvalue weighted by Gasteiger charge is -2.12. The van der Waals surface area contributed by atoms with Crippen molar-refractivity contribution in [1.82, 2.24) is 19.9 Å². The van der Waals surface area contributed by atoms with Crippen LogP contribution in [0.25, 0.3) is 22.4 Å². The topological polar surface area (TPSA) is 56.8 Å². The second-order valence-corrected chi connectivity index (χ2v) is 6.29. The van der Waals surface area contributed by atoms with Gasteiger partial charge in [0, 0.05) is 29.4 Å². The van der Waals surface area contributed by atoms with Crippen molar-refractivity contribution < 1.29 is 0 Å². The Morgan fingerprint density at radius 2 is 2.04 bits per heavy atom. The quantitative estimate of drug-likeness (QED) is 0.751. The molecule has 0 fully saturated rings. The first-order chi connectivity index (χ1) is 11.0. The van der Waals surface area contributed by atoms with Crippen LogP contribution in [0, 0.1) is 6.92 Å². The van der Waals surface area contributed by atoms with Gasteiger partial charge in [0.15, 0.2) is 5.82 Å². The Kier molecular flexibility index (Phi) is 4.50. The van der Waals surface area contributed by atoms with E-state index in [1.165, 1.54) is 0 Å². The summed E-state index contributed by atoms with van der Waals surface area (Å²) in [5.74, 6) is 1.50. The number of nitrogens with one attached hydrogen (secondary N) is 2. The van der Waals surface area contributed by atoms with E-state index in [0.29, 0.717) is 10.8 Å². The third-order valence-electron chi connectivity index (χ3n) is 3.56. The molecule has 0 amide bonds. The maximum atomic E-state index is 6.09. The summed E-state index contributed by atoms with van der Waals surface area (Å²) in [6.45, 7) is 3.77. The highest BCUT2D eigenvalue weighted by Crippen LogP contribution is 2.26. The smallest absolute Gasteiger partial charge is 0.163 e. The third-order valence-corrected chi connectivity index (χ3v) is 3.79. The predicted molar refractivity (Wildman–Crippen MR) is 96.1 cm³/mol. The van der Waals surface area contributed by atoms with Crippen LogP contribution < -0.4 is 5.32 Å². The van der Waals surface area contributed by atoms with Crippen LogP contribution in [0.4, 0.5) is 5.82 Å². The van der Waals surface area contributed by atoms with E-state index >= 15 is 0 Å². The maximum absolute atomic E-state index is 6.09. The molecule has 2 aromatic heterocycles. The Bertz CT molecular complexity index is 825. The summed E-state index contributed by atoms with van der Waals surface area (Å²) in [6, 6.07) is 9.66. The number of fused-ring (bicyclic) bond motifs is 1. The highest BCUT2D eigenvalue weighted by Gasteiger charge is 2.11. The van der Waals surface area contributed by atoms with Crippen LogP contribution in [0.5, 0.6) is 0 Å². The molecule has 2 N–H and O–H groups in total. The van der Waals surface area contributed by atoms with Gasteiger partial charge in [-0.3, -0.25) is 0 Å². The van der Waals surface area contributed by atoms with E-state index in [0.717, 1.165) is 41.2 Å². The number of hydrogen-bond donors (Lipinski definition) is 2. The molecule has 0 saturated carbocycles. The molecule has 0 aliphatic heterocycles. The molecule has 3 aromatic rings. The molecule has 1 aromatic carbocycles. The number of halogens is 1. The van der Waals surface area contributed by atoms with Crippen LogP contribution in [0.15, 0.2) is 30.3 Å². The molecule has 0 atom stereocenters. The van der Waals surface area contributed by atoms with Crippen molar-refractivity contribution in [2.24, 2.45) is 0 Å². The van der Waals surface area contributed by atoms with Crippen molar-refractivity contribution >= 4 is 28.5 Å². The van der Waals surface area contributed by atoms with Crippen LogP contribution in [0.1, 0.15) is 5.69 Å². The first-order valence-electron chi connectivity index (χ1n) is 7.55. The Balaban J connectivity index is 2.02. The zero-order chi connectivity index (χ0) is 16.4. The van der Waals surface area contributed by atoms with Gasteiger partial charge in [0.2, 0.25) is 0 Å². The van der Waals surface area contributed by atoms with Crippen molar-refractivity contribution in [3.63, 3.8) is 0 Å². The van der Waals surface area contributed by atoms with Crippen LogP contribution in [-0.4, -0.2) is 47.0 Å². The van der Waals surface area contributed by atoms with Crippen molar-refractivity contribution in [2.45, 2.75) is 6.92 Å². The zero-order valence-corrected chi connectivity index (χ0v) is 14.3. The number of aromatic nitrogens is 3. The minimum Gasteiger partial charge on any atom is -0.368 e. The molecule has 2 heterocycles. The number of hydrogen-bond acceptors (Lipinski definition) is 4. The van der Waals surface area contributed by atoms with E-state index in [-0.39, 0.29) is 0 Å². The lowest BCUT2D eigenvalue weighted by atomic mass is 10.2. The van der Waals surface area contributed by atoms with E-state index in [1.54, 1.807) is 0 Å². The van der Waals surface area contributed by atoms with Gasteiger partial charge in [0.25, 0.3) is 0 Å². The summed E-state index contributed by atoms with van der Waals surface area (Å²) in [7, 11) is 4.10. The van der Waals surface area contributed by atoms with Crippen molar-refractivity contribution in [3.8, 4) is 11.4 Å². The standard InChI is InChI=1S/C17H20ClN5/c1-11-9-14-16(19-7-8-23(2)3)21-15(22-17(14)20-11)12-5-4-6-13(18)10-12/h4-6,9-10H,7-8H2,1-3H3,(H2,19,20,21,22). The summed E-state index contributed by atoms with van der Waals surface area (Å²) in [6.07, 6.45) is 0. The van der Waals surface area contributed by atoms with Crippen LogP contribution >= 0.6 is 11.6 Å². The lowest BCUT2D eigenvalue weighted by Crippen LogP contribution is -2.21. The Hall–Kier alpha value is -2.11. The second-order valence-electron chi connectivity index (χ2n) is 5.85. The average Bonchev–Trinajstić information content (AvgIpc) is 2.87. The Labute approximate surface area is 140 Å². The highest BCUT2D eigenvalue weighted by molar-refractivity contribution is 6.30. The van der Waals surface area contributed by atoms with Crippen LogP contribution in [-0.2, 0) is 0 Å². The monoisotopic (exact) mass is 329 g/mol. The van der Waals surface area contributed by atoms with E-state index in [9.17, 15) is 0 Å². The highest BCUT2D eigenvalue weighted by atomic mass is 35.5. The van der Waals surface area contributed by atoms with Gasteiger partial charge in [-0.25, -0.2) is 9.97 Å². The van der Waals surface area contributed by atoms with E-state index < -0.39 is 0 Å². The van der Waals surface area contributed by atoms with Gasteiger partial charge in [-0.1, -0.05) is 23.7 Å². The minimum atomic E-state index is 0.661. The van der Waals surface area contributed by atoms with E-state index in [1.807, 2.05) is 31.2 Å². The molecule has 5 nitrogen and oxygen atoms in total. The second kappa shape index (κ2) is 6.56. The molecule has 0 aliphatic carbocycles. The molecule has 120 valence electrons. The number of aromatic amines is 1. The number of likely N-dealkylation sites (N-methyl/N-ethyl adjacent to an activating group) is 1. The normalized spacial score (nSPS) is 11.3. The van der Waals surface area contributed by atoms with Gasteiger partial charge < -0.3 is 15.2 Å². The summed E-state index contributed by atoms with van der Waals surface area (Å²) in [5, 5.41) is 5.09. The SMILES string of the molecule is Cc1cc2c(NCCN(C)C)nc(-c3cccc(Cl)c3)nc2[nH]1. The van der Waals surface area contributed by atoms with Gasteiger partial charge in [0.05, 0.1) is 5.39 Å². The number of benzene rings is 1. The molecule has 0 radical (unpaired) electrons. The predicted octanol–water partition coefficient (Wildman–Crippen LogP) is 3.56. The minimum absolute atomic E-state index is 0.661. The zero-order valence-electron chi connectivity index (χ0n) is 13.5. The number of rotatable bonds is 5. The number of aryl methyl sites for hydroxylation is 1. The molecular weight excluding hydrogens is 310 g/mol. The first kappa shape index (κ1) is 15.8. The van der Waals surface area contributed by atoms with Gasteiger partial charge >= 0.3 is 0 Å². The first-order valence-corrected chi connectivity index (χ1v) is 7.92. The molecule has 6 heteroatoms. The number of anilines is 1. The van der Waals surface area contributed by atoms with E-state index in [4.69, 9.17) is 16.6 Å². The van der Waals surface area contributed by atoms with Crippen LogP contribution in [0.2, 0.25) is 5.02 Å². The average molecular weight is 330 g/mol. The molecule has 0 bridgehead atoms. The lowest BCUT2D eigenvalue weighted by molar-refractivity contribution is 0.425. The molecule has 3 rings (SSSR count). The van der Waals surface area contributed by atoms with Crippen molar-refractivity contribution in [3.05, 3.63) is 41.0 Å². The number of H-pyrrole nitrogens is 1. The molecular formula is C17H20ClN5. The number of nitrogens with zero attached hydrogens (tertiary/aromatic N) is 3. The van der Waals surface area contributed by atoms with Crippen LogP contribution in [0.3, 0.4) is 0 Å². The third kappa shape index (κ3) is 3.63. The molecule has 0 saturated heterocycles. The van der Waals surface area contributed by atoms with Gasteiger partial charge in [-0.05, 0) is 39.2 Å².